The van der Waals surface area contributed by atoms with Crippen LogP contribution < -0.4 is 5.32 Å². The molecule has 128 valence electrons. The van der Waals surface area contributed by atoms with Crippen LogP contribution in [0.4, 0.5) is 5.69 Å². The average Bonchev–Trinajstić information content (AvgIpc) is 2.49. The van der Waals surface area contributed by atoms with Gasteiger partial charge >= 0.3 is 0 Å². The highest BCUT2D eigenvalue weighted by Gasteiger charge is 2.39. The van der Waals surface area contributed by atoms with Gasteiger partial charge in [-0.15, -0.1) is 0 Å². The van der Waals surface area contributed by atoms with Crippen LogP contribution in [-0.2, 0) is 14.6 Å². The Morgan fingerprint density at radius 3 is 2.39 bits per heavy atom. The molecule has 1 fully saturated rings. The summed E-state index contributed by atoms with van der Waals surface area (Å²) < 4.78 is 24.9. The summed E-state index contributed by atoms with van der Waals surface area (Å²) in [7, 11) is -3.52. The van der Waals surface area contributed by atoms with Crippen LogP contribution in [-0.4, -0.2) is 36.0 Å². The molecule has 1 aliphatic rings. The highest BCUT2D eigenvalue weighted by atomic mass is 35.5. The number of amides is 1. The Bertz CT molecular complexity index is 649. The Morgan fingerprint density at radius 2 is 1.83 bits per heavy atom. The Balaban J connectivity index is 2.04. The SMILES string of the molecule is C[C@@](O)(CS(=O)(=O)C1CCCCC1)C(=O)Nc1ccc(Cl)cc1. The lowest BCUT2D eigenvalue weighted by Gasteiger charge is -2.27. The van der Waals surface area contributed by atoms with Gasteiger partial charge in [-0.1, -0.05) is 30.9 Å². The molecule has 0 unspecified atom stereocenters. The lowest BCUT2D eigenvalue weighted by Crippen LogP contribution is -2.47. The fourth-order valence-corrected chi connectivity index (χ4v) is 5.13. The van der Waals surface area contributed by atoms with Gasteiger partial charge in [0.05, 0.1) is 11.0 Å². The van der Waals surface area contributed by atoms with Gasteiger partial charge in [0.15, 0.2) is 15.4 Å². The molecule has 0 saturated heterocycles. The van der Waals surface area contributed by atoms with Crippen LogP contribution in [0.5, 0.6) is 0 Å². The van der Waals surface area contributed by atoms with Crippen molar-refractivity contribution < 1.29 is 18.3 Å². The number of hydrogen-bond acceptors (Lipinski definition) is 4. The smallest absolute Gasteiger partial charge is 0.257 e. The minimum atomic E-state index is -3.52. The van der Waals surface area contributed by atoms with Crippen molar-refractivity contribution in [3.05, 3.63) is 29.3 Å². The Morgan fingerprint density at radius 1 is 1.26 bits per heavy atom. The average molecular weight is 360 g/mol. The molecule has 1 aliphatic carbocycles. The highest BCUT2D eigenvalue weighted by molar-refractivity contribution is 7.92. The number of sulfone groups is 1. The number of carbonyl (C=O) groups excluding carboxylic acids is 1. The summed E-state index contributed by atoms with van der Waals surface area (Å²) >= 11 is 5.77. The van der Waals surface area contributed by atoms with Crippen molar-refractivity contribution in [2.75, 3.05) is 11.1 Å². The number of rotatable bonds is 5. The summed E-state index contributed by atoms with van der Waals surface area (Å²) in [5.74, 6) is -1.30. The van der Waals surface area contributed by atoms with Gasteiger partial charge in [-0.2, -0.15) is 0 Å². The summed E-state index contributed by atoms with van der Waals surface area (Å²) in [6, 6.07) is 6.38. The third-order valence-electron chi connectivity index (χ3n) is 4.13. The molecule has 7 heteroatoms. The second-order valence-corrected chi connectivity index (χ2v) is 9.02. The van der Waals surface area contributed by atoms with Crippen molar-refractivity contribution in [2.24, 2.45) is 0 Å². The second-order valence-electron chi connectivity index (χ2n) is 6.30. The zero-order valence-corrected chi connectivity index (χ0v) is 14.7. The van der Waals surface area contributed by atoms with Gasteiger partial charge in [0.25, 0.3) is 5.91 Å². The summed E-state index contributed by atoms with van der Waals surface area (Å²) in [5.41, 5.74) is -1.52. The fraction of sp³-hybridized carbons (Fsp3) is 0.562. The molecule has 1 aromatic rings. The molecule has 1 aromatic carbocycles. The van der Waals surface area contributed by atoms with Gasteiger partial charge in [0.2, 0.25) is 0 Å². The molecule has 23 heavy (non-hydrogen) atoms. The van der Waals surface area contributed by atoms with E-state index < -0.39 is 32.3 Å². The number of hydrogen-bond donors (Lipinski definition) is 2. The van der Waals surface area contributed by atoms with Gasteiger partial charge in [0.1, 0.15) is 0 Å². The first-order valence-corrected chi connectivity index (χ1v) is 9.81. The monoisotopic (exact) mass is 359 g/mol. The summed E-state index contributed by atoms with van der Waals surface area (Å²) in [4.78, 5) is 12.2. The standard InChI is InChI=1S/C16H22ClNO4S/c1-16(20,11-23(21,22)14-5-3-2-4-6-14)15(19)18-13-9-7-12(17)8-10-13/h7-10,14,20H,2-6,11H2,1H3,(H,18,19)/t16-/m1/s1. The molecule has 0 bridgehead atoms. The van der Waals surface area contributed by atoms with E-state index in [0.29, 0.717) is 23.6 Å². The van der Waals surface area contributed by atoms with Crippen LogP contribution in [0.2, 0.25) is 5.02 Å². The van der Waals surface area contributed by atoms with Crippen LogP contribution in [0.1, 0.15) is 39.0 Å². The topological polar surface area (TPSA) is 83.5 Å². The maximum atomic E-state index is 12.4. The van der Waals surface area contributed by atoms with Gasteiger partial charge in [-0.25, -0.2) is 8.42 Å². The molecule has 1 amide bonds. The largest absolute Gasteiger partial charge is 0.379 e. The van der Waals surface area contributed by atoms with E-state index in [0.717, 1.165) is 19.3 Å². The van der Waals surface area contributed by atoms with Crippen molar-refractivity contribution in [2.45, 2.75) is 49.9 Å². The number of halogens is 1. The molecular formula is C16H22ClNO4S. The molecule has 0 aromatic heterocycles. The third kappa shape index (κ3) is 4.93. The van der Waals surface area contributed by atoms with Gasteiger partial charge in [0, 0.05) is 10.7 Å². The molecule has 0 radical (unpaired) electrons. The number of anilines is 1. The van der Waals surface area contributed by atoms with Crippen molar-refractivity contribution in [1.82, 2.24) is 0 Å². The minimum Gasteiger partial charge on any atom is -0.379 e. The highest BCUT2D eigenvalue weighted by Crippen LogP contribution is 2.26. The normalized spacial score (nSPS) is 19.1. The van der Waals surface area contributed by atoms with E-state index in [-0.39, 0.29) is 0 Å². The van der Waals surface area contributed by atoms with E-state index >= 15 is 0 Å². The maximum Gasteiger partial charge on any atom is 0.257 e. The first-order chi connectivity index (χ1) is 10.7. The van der Waals surface area contributed by atoms with Crippen LogP contribution in [0, 0.1) is 0 Å². The van der Waals surface area contributed by atoms with Crippen LogP contribution in [0.3, 0.4) is 0 Å². The lowest BCUT2D eigenvalue weighted by molar-refractivity contribution is -0.130. The van der Waals surface area contributed by atoms with E-state index in [1.165, 1.54) is 6.92 Å². The number of aliphatic hydroxyl groups is 1. The number of benzene rings is 1. The number of nitrogens with one attached hydrogen (secondary N) is 1. The zero-order valence-electron chi connectivity index (χ0n) is 13.1. The molecule has 0 spiro atoms. The molecule has 5 nitrogen and oxygen atoms in total. The molecule has 2 N–H and O–H groups in total. The van der Waals surface area contributed by atoms with Gasteiger partial charge < -0.3 is 10.4 Å². The zero-order chi connectivity index (χ0) is 17.1. The van der Waals surface area contributed by atoms with Crippen LogP contribution >= 0.6 is 11.6 Å². The van der Waals surface area contributed by atoms with E-state index in [1.54, 1.807) is 24.3 Å². The van der Waals surface area contributed by atoms with Gasteiger partial charge in [-0.05, 0) is 44.0 Å². The first kappa shape index (κ1) is 18.2. The Labute approximate surface area is 142 Å². The fourth-order valence-electron chi connectivity index (χ4n) is 2.80. The van der Waals surface area contributed by atoms with E-state index in [9.17, 15) is 18.3 Å². The predicted octanol–water partition coefficient (Wildman–Crippen LogP) is 2.78. The van der Waals surface area contributed by atoms with Crippen LogP contribution in [0.15, 0.2) is 24.3 Å². The van der Waals surface area contributed by atoms with Gasteiger partial charge in [-0.3, -0.25) is 4.79 Å². The summed E-state index contributed by atoms with van der Waals surface area (Å²) in [6.45, 7) is 1.23. The molecule has 0 heterocycles. The summed E-state index contributed by atoms with van der Waals surface area (Å²) in [6.07, 6.45) is 4.01. The first-order valence-electron chi connectivity index (χ1n) is 7.72. The van der Waals surface area contributed by atoms with Crippen molar-refractivity contribution in [3.8, 4) is 0 Å². The third-order valence-corrected chi connectivity index (χ3v) is 6.84. The molecular weight excluding hydrogens is 338 g/mol. The van der Waals surface area contributed by atoms with E-state index in [2.05, 4.69) is 5.32 Å². The van der Waals surface area contributed by atoms with Crippen molar-refractivity contribution in [1.29, 1.82) is 0 Å². The van der Waals surface area contributed by atoms with Crippen molar-refractivity contribution >= 4 is 33.0 Å². The summed E-state index contributed by atoms with van der Waals surface area (Å²) in [5, 5.41) is 12.9. The molecule has 1 saturated carbocycles. The molecule has 2 rings (SSSR count). The quantitative estimate of drug-likeness (QED) is 0.846. The lowest BCUT2D eigenvalue weighted by atomic mass is 10.0. The molecule has 0 aliphatic heterocycles. The minimum absolute atomic E-state index is 0.453. The number of carbonyl (C=O) groups is 1. The van der Waals surface area contributed by atoms with E-state index in [4.69, 9.17) is 11.6 Å². The predicted molar refractivity (Wildman–Crippen MR) is 91.4 cm³/mol. The Kier molecular flexibility index (Phi) is 5.70. The maximum absolute atomic E-state index is 12.4. The van der Waals surface area contributed by atoms with E-state index in [1.807, 2.05) is 0 Å². The van der Waals surface area contributed by atoms with Crippen LogP contribution in [0.25, 0.3) is 0 Å². The van der Waals surface area contributed by atoms with Crippen molar-refractivity contribution in [3.63, 3.8) is 0 Å². The molecule has 1 atom stereocenters. The second kappa shape index (κ2) is 7.20. The Hall–Kier alpha value is -1.11.